The van der Waals surface area contributed by atoms with Crippen LogP contribution in [0.25, 0.3) is 0 Å². The number of nitrogens with zero attached hydrogens (tertiary/aromatic N) is 1. The maximum absolute atomic E-state index is 13.3. The minimum absolute atomic E-state index is 0.181. The quantitative estimate of drug-likeness (QED) is 0.835. The number of hydrogen-bond donors (Lipinski definition) is 1. The highest BCUT2D eigenvalue weighted by Gasteiger charge is 2.24. The Labute approximate surface area is 153 Å². The van der Waals surface area contributed by atoms with Crippen molar-refractivity contribution in [3.05, 3.63) is 53.8 Å². The number of carbonyl (C=O) groups excluding carboxylic acids is 1. The van der Waals surface area contributed by atoms with Gasteiger partial charge in [0.25, 0.3) is 0 Å². The summed E-state index contributed by atoms with van der Waals surface area (Å²) in [5.74, 6) is -3.10. The van der Waals surface area contributed by atoms with Gasteiger partial charge in [0.05, 0.1) is 17.1 Å². The molecule has 0 saturated carbocycles. The topological polar surface area (TPSA) is 75.7 Å². The lowest BCUT2D eigenvalue weighted by molar-refractivity contribution is -0.118. The number of carbonyl (C=O) groups is 1. The van der Waals surface area contributed by atoms with Gasteiger partial charge in [-0.05, 0) is 30.3 Å². The Morgan fingerprint density at radius 1 is 1.11 bits per heavy atom. The van der Waals surface area contributed by atoms with Crippen molar-refractivity contribution in [2.75, 3.05) is 24.6 Å². The number of sulfonamides is 1. The van der Waals surface area contributed by atoms with Crippen LogP contribution in [-0.2, 0) is 14.8 Å². The van der Waals surface area contributed by atoms with Gasteiger partial charge in [0.1, 0.15) is 18.2 Å². The number of fused-ring (bicyclic) bond motifs is 1. The normalized spacial score (nSPS) is 13.8. The molecular formula is C17H15F3N2O4S. The van der Waals surface area contributed by atoms with Gasteiger partial charge in [-0.3, -0.25) is 4.79 Å². The minimum Gasteiger partial charge on any atom is -0.489 e. The first-order valence-corrected chi connectivity index (χ1v) is 9.44. The highest BCUT2D eigenvalue weighted by Crippen LogP contribution is 2.32. The van der Waals surface area contributed by atoms with E-state index in [1.807, 2.05) is 0 Å². The van der Waals surface area contributed by atoms with Crippen molar-refractivity contribution in [2.24, 2.45) is 0 Å². The molecule has 0 saturated heterocycles. The largest absolute Gasteiger partial charge is 0.489 e. The van der Waals surface area contributed by atoms with E-state index in [9.17, 15) is 26.4 Å². The highest BCUT2D eigenvalue weighted by atomic mass is 32.2. The molecule has 0 aromatic heterocycles. The van der Waals surface area contributed by atoms with Crippen LogP contribution in [0.1, 0.15) is 6.42 Å². The number of halogens is 3. The zero-order valence-electron chi connectivity index (χ0n) is 13.9. The van der Waals surface area contributed by atoms with Crippen LogP contribution in [0.4, 0.5) is 18.9 Å². The summed E-state index contributed by atoms with van der Waals surface area (Å²) in [7, 11) is -4.09. The lowest BCUT2D eigenvalue weighted by Gasteiger charge is -2.29. The van der Waals surface area contributed by atoms with E-state index in [1.54, 1.807) is 0 Å². The van der Waals surface area contributed by atoms with Gasteiger partial charge >= 0.3 is 0 Å². The van der Waals surface area contributed by atoms with Crippen molar-refractivity contribution < 1.29 is 31.1 Å². The van der Waals surface area contributed by atoms with E-state index in [1.165, 1.54) is 23.1 Å². The first-order valence-electron chi connectivity index (χ1n) is 7.95. The van der Waals surface area contributed by atoms with Crippen molar-refractivity contribution in [1.82, 2.24) is 4.72 Å². The molecule has 0 unspecified atom stereocenters. The average Bonchev–Trinajstić information content (AvgIpc) is 2.62. The molecule has 27 heavy (non-hydrogen) atoms. The van der Waals surface area contributed by atoms with Crippen molar-refractivity contribution in [3.63, 3.8) is 0 Å². The Bertz CT molecular complexity index is 982. The van der Waals surface area contributed by atoms with Crippen molar-refractivity contribution in [2.45, 2.75) is 11.3 Å². The van der Waals surface area contributed by atoms with Gasteiger partial charge in [-0.2, -0.15) is 0 Å². The molecule has 0 fully saturated rings. The van der Waals surface area contributed by atoms with Gasteiger partial charge in [-0.25, -0.2) is 26.3 Å². The Hall–Kier alpha value is -2.59. The molecule has 2 aromatic carbocycles. The van der Waals surface area contributed by atoms with Crippen LogP contribution in [0.5, 0.6) is 5.75 Å². The second-order valence-electron chi connectivity index (χ2n) is 5.73. The number of nitrogens with one attached hydrogen (secondary N) is 1. The smallest absolute Gasteiger partial charge is 0.240 e. The van der Waals surface area contributed by atoms with Crippen LogP contribution < -0.4 is 14.4 Å². The van der Waals surface area contributed by atoms with E-state index in [4.69, 9.17) is 4.74 Å². The highest BCUT2D eigenvalue weighted by molar-refractivity contribution is 7.89. The SMILES string of the molecule is O=C(CCNS(=O)(=O)c1ccc(F)c(F)c1)N1CCOc2cc(F)ccc21. The van der Waals surface area contributed by atoms with Crippen LogP contribution in [0, 0.1) is 17.5 Å². The molecule has 3 rings (SSSR count). The monoisotopic (exact) mass is 400 g/mol. The zero-order chi connectivity index (χ0) is 19.6. The molecule has 2 aromatic rings. The summed E-state index contributed by atoms with van der Waals surface area (Å²) in [6.07, 6.45) is -0.181. The molecule has 0 aliphatic carbocycles. The van der Waals surface area contributed by atoms with Crippen LogP contribution in [0.3, 0.4) is 0 Å². The molecule has 0 spiro atoms. The predicted molar refractivity (Wildman–Crippen MR) is 90.4 cm³/mol. The second kappa shape index (κ2) is 7.57. The fourth-order valence-corrected chi connectivity index (χ4v) is 3.65. The van der Waals surface area contributed by atoms with Crippen LogP contribution >= 0.6 is 0 Å². The molecule has 0 bridgehead atoms. The average molecular weight is 400 g/mol. The lowest BCUT2D eigenvalue weighted by Crippen LogP contribution is -2.39. The summed E-state index contributed by atoms with van der Waals surface area (Å²) in [6.45, 7) is 0.185. The van der Waals surface area contributed by atoms with Gasteiger partial charge in [-0.1, -0.05) is 0 Å². The molecule has 1 N–H and O–H groups in total. The molecule has 0 atom stereocenters. The van der Waals surface area contributed by atoms with Gasteiger partial charge < -0.3 is 9.64 Å². The fraction of sp³-hybridized carbons (Fsp3) is 0.235. The Balaban J connectivity index is 1.64. The number of anilines is 1. The first-order chi connectivity index (χ1) is 12.8. The van der Waals surface area contributed by atoms with Gasteiger partial charge in [0.2, 0.25) is 15.9 Å². The van der Waals surface area contributed by atoms with Gasteiger partial charge in [0.15, 0.2) is 11.6 Å². The number of amides is 1. The van der Waals surface area contributed by atoms with E-state index in [2.05, 4.69) is 4.72 Å². The Morgan fingerprint density at radius 2 is 1.89 bits per heavy atom. The number of hydrogen-bond acceptors (Lipinski definition) is 4. The molecule has 0 radical (unpaired) electrons. The standard InChI is InChI=1S/C17H15F3N2O4S/c18-11-1-4-15-16(9-11)26-8-7-22(15)17(23)5-6-21-27(24,25)12-2-3-13(19)14(20)10-12/h1-4,9-10,21H,5-8H2. The van der Waals surface area contributed by atoms with E-state index < -0.39 is 32.4 Å². The van der Waals surface area contributed by atoms with Crippen molar-refractivity contribution in [3.8, 4) is 5.75 Å². The van der Waals surface area contributed by atoms with Gasteiger partial charge in [0, 0.05) is 19.0 Å². The van der Waals surface area contributed by atoms with Crippen LogP contribution in [-0.4, -0.2) is 34.0 Å². The summed E-state index contributed by atoms with van der Waals surface area (Å²) in [5.41, 5.74) is 0.399. The number of ether oxygens (including phenoxy) is 1. The van der Waals surface area contributed by atoms with Crippen molar-refractivity contribution >= 4 is 21.6 Å². The first kappa shape index (κ1) is 19.2. The Kier molecular flexibility index (Phi) is 5.38. The van der Waals surface area contributed by atoms with Crippen LogP contribution in [0.2, 0.25) is 0 Å². The third-order valence-corrected chi connectivity index (χ3v) is 5.38. The van der Waals surface area contributed by atoms with E-state index in [0.29, 0.717) is 17.8 Å². The van der Waals surface area contributed by atoms with E-state index in [0.717, 1.165) is 6.07 Å². The maximum atomic E-state index is 13.3. The van der Waals surface area contributed by atoms with E-state index in [-0.39, 0.29) is 37.8 Å². The number of rotatable bonds is 5. The third kappa shape index (κ3) is 4.22. The lowest BCUT2D eigenvalue weighted by atomic mass is 10.2. The molecule has 144 valence electrons. The summed E-state index contributed by atoms with van der Waals surface area (Å²) < 4.78 is 71.1. The summed E-state index contributed by atoms with van der Waals surface area (Å²) >= 11 is 0. The molecular weight excluding hydrogens is 385 g/mol. The molecule has 1 aliphatic rings. The van der Waals surface area contributed by atoms with Crippen LogP contribution in [0.15, 0.2) is 41.3 Å². The number of benzene rings is 2. The summed E-state index contributed by atoms with van der Waals surface area (Å²) in [6, 6.07) is 5.97. The molecule has 1 aliphatic heterocycles. The predicted octanol–water partition coefficient (Wildman–Crippen LogP) is 2.20. The van der Waals surface area contributed by atoms with Crippen molar-refractivity contribution in [1.29, 1.82) is 0 Å². The maximum Gasteiger partial charge on any atom is 0.240 e. The fourth-order valence-electron chi connectivity index (χ4n) is 2.61. The molecule has 1 heterocycles. The molecule has 1 amide bonds. The third-order valence-electron chi connectivity index (χ3n) is 3.92. The molecule has 10 heteroatoms. The summed E-state index contributed by atoms with van der Waals surface area (Å²) in [5, 5.41) is 0. The second-order valence-corrected chi connectivity index (χ2v) is 7.50. The van der Waals surface area contributed by atoms with E-state index >= 15 is 0 Å². The minimum atomic E-state index is -4.09. The Morgan fingerprint density at radius 3 is 2.63 bits per heavy atom. The molecule has 6 nitrogen and oxygen atoms in total. The summed E-state index contributed by atoms with van der Waals surface area (Å²) in [4.78, 5) is 13.3. The van der Waals surface area contributed by atoms with Gasteiger partial charge in [-0.15, -0.1) is 0 Å². The zero-order valence-corrected chi connectivity index (χ0v) is 14.7.